The van der Waals surface area contributed by atoms with E-state index in [9.17, 15) is 4.79 Å². The summed E-state index contributed by atoms with van der Waals surface area (Å²) in [5, 5.41) is 0. The predicted molar refractivity (Wildman–Crippen MR) is 151 cm³/mol. The van der Waals surface area contributed by atoms with Gasteiger partial charge in [-0.1, -0.05) is 12.1 Å². The summed E-state index contributed by atoms with van der Waals surface area (Å²) in [6.45, 7) is 7.40. The summed E-state index contributed by atoms with van der Waals surface area (Å²) < 4.78 is 36.3. The molecule has 3 aliphatic rings. The number of hydrogen-bond acceptors (Lipinski definition) is 5. The van der Waals surface area contributed by atoms with Gasteiger partial charge < -0.3 is 14.5 Å². The smallest absolute Gasteiger partial charge is 0.268 e. The van der Waals surface area contributed by atoms with Gasteiger partial charge in [-0.15, -0.1) is 0 Å². The minimum Gasteiger partial charge on any atom is -0.476 e. The molecule has 6 nitrogen and oxygen atoms in total. The maximum atomic E-state index is 15.5. The van der Waals surface area contributed by atoms with Crippen LogP contribution >= 0.6 is 0 Å². The van der Waals surface area contributed by atoms with Gasteiger partial charge in [-0.3, -0.25) is 4.79 Å². The van der Waals surface area contributed by atoms with Gasteiger partial charge >= 0.3 is 0 Å². The standard InChI is InChI=1S/C32H36F2N4O2/c1-18(2)38-28-16-23(15-27(34)31(28)40-19(3)32(38)39)30-25(21-6-7-21)17-35-29(36-30)14-20-5-8-24(26(33)13-20)22-9-11-37(4)12-10-22/h5,8,13,15-19,21-22H,6-7,9-12,14H2,1-4H3. The maximum Gasteiger partial charge on any atom is 0.268 e. The molecule has 0 bridgehead atoms. The minimum absolute atomic E-state index is 0.0898. The first-order valence-corrected chi connectivity index (χ1v) is 14.4. The number of nitrogens with zero attached hydrogens (tertiary/aromatic N) is 4. The molecule has 1 unspecified atom stereocenters. The normalized spacial score (nSPS) is 20.1. The largest absolute Gasteiger partial charge is 0.476 e. The van der Waals surface area contributed by atoms with Gasteiger partial charge in [0.25, 0.3) is 5.91 Å². The number of ether oxygens (including phenoxy) is 1. The number of rotatable bonds is 6. The number of amides is 1. The Morgan fingerprint density at radius 2 is 1.73 bits per heavy atom. The number of carbonyl (C=O) groups is 1. The summed E-state index contributed by atoms with van der Waals surface area (Å²) in [6, 6.07) is 8.57. The van der Waals surface area contributed by atoms with E-state index in [1.807, 2.05) is 32.2 Å². The fourth-order valence-electron chi connectivity index (χ4n) is 6.04. The van der Waals surface area contributed by atoms with Crippen molar-refractivity contribution in [3.05, 3.63) is 70.7 Å². The van der Waals surface area contributed by atoms with Gasteiger partial charge in [0.1, 0.15) is 11.6 Å². The highest BCUT2D eigenvalue weighted by Crippen LogP contribution is 2.46. The molecule has 1 atom stereocenters. The second kappa shape index (κ2) is 10.5. The van der Waals surface area contributed by atoms with Crippen molar-refractivity contribution in [2.24, 2.45) is 0 Å². The molecule has 1 aromatic heterocycles. The fourth-order valence-corrected chi connectivity index (χ4v) is 6.04. The number of anilines is 1. The van der Waals surface area contributed by atoms with Crippen molar-refractivity contribution in [1.29, 1.82) is 0 Å². The van der Waals surface area contributed by atoms with Gasteiger partial charge in [0, 0.05) is 24.2 Å². The Hall–Kier alpha value is -3.39. The lowest BCUT2D eigenvalue weighted by Gasteiger charge is -2.36. The maximum absolute atomic E-state index is 15.5. The number of carbonyl (C=O) groups excluding carboxylic acids is 1. The van der Waals surface area contributed by atoms with Crippen molar-refractivity contribution < 1.29 is 18.3 Å². The van der Waals surface area contributed by atoms with Crippen LogP contribution in [-0.2, 0) is 11.2 Å². The van der Waals surface area contributed by atoms with Gasteiger partial charge in [-0.05, 0) is 113 Å². The Morgan fingerprint density at radius 3 is 2.40 bits per heavy atom. The Balaban J connectivity index is 1.33. The van der Waals surface area contributed by atoms with E-state index in [1.54, 1.807) is 24.0 Å². The monoisotopic (exact) mass is 546 g/mol. The number of hydrogen-bond donors (Lipinski definition) is 0. The number of benzene rings is 2. The highest BCUT2D eigenvalue weighted by molar-refractivity contribution is 6.01. The molecule has 3 aromatic rings. The number of aromatic nitrogens is 2. The second-order valence-electron chi connectivity index (χ2n) is 11.8. The van der Waals surface area contributed by atoms with E-state index in [0.717, 1.165) is 55.5 Å². The summed E-state index contributed by atoms with van der Waals surface area (Å²) in [6.07, 6.45) is 5.43. The van der Waals surface area contributed by atoms with Crippen LogP contribution in [0.15, 0.2) is 36.5 Å². The van der Waals surface area contributed by atoms with Gasteiger partial charge in [0.15, 0.2) is 17.7 Å². The van der Waals surface area contributed by atoms with Crippen LogP contribution in [0.5, 0.6) is 5.75 Å². The Morgan fingerprint density at radius 1 is 1.00 bits per heavy atom. The third-order valence-corrected chi connectivity index (χ3v) is 8.42. The van der Waals surface area contributed by atoms with E-state index in [0.29, 0.717) is 35.1 Å². The molecule has 3 heterocycles. The molecule has 8 heteroatoms. The van der Waals surface area contributed by atoms with Crippen LogP contribution in [0.4, 0.5) is 14.5 Å². The van der Waals surface area contributed by atoms with E-state index in [4.69, 9.17) is 9.72 Å². The number of likely N-dealkylation sites (tertiary alicyclic amines) is 1. The van der Waals surface area contributed by atoms with Gasteiger partial charge in [0.2, 0.25) is 0 Å². The fraction of sp³-hybridized carbons (Fsp3) is 0.469. The number of halogens is 2. The van der Waals surface area contributed by atoms with Crippen molar-refractivity contribution >= 4 is 11.6 Å². The van der Waals surface area contributed by atoms with Crippen molar-refractivity contribution in [2.75, 3.05) is 25.0 Å². The number of piperidine rings is 1. The Kier molecular flexibility index (Phi) is 7.07. The SMILES string of the molecule is CC1Oc2c(F)cc(-c3nc(Cc4ccc(C5CCN(C)CC5)c(F)c4)ncc3C3CC3)cc2N(C(C)C)C1=O. The zero-order valence-electron chi connectivity index (χ0n) is 23.6. The Bertz CT molecular complexity index is 1450. The Labute approximate surface area is 234 Å². The molecule has 2 aromatic carbocycles. The highest BCUT2D eigenvalue weighted by Gasteiger charge is 2.36. The minimum atomic E-state index is -0.755. The molecule has 0 spiro atoms. The van der Waals surface area contributed by atoms with Crippen LogP contribution in [0.3, 0.4) is 0 Å². The van der Waals surface area contributed by atoms with E-state index in [1.165, 1.54) is 6.07 Å². The lowest BCUT2D eigenvalue weighted by molar-refractivity contribution is -0.126. The molecule has 0 N–H and O–H groups in total. The summed E-state index contributed by atoms with van der Waals surface area (Å²) in [7, 11) is 2.10. The van der Waals surface area contributed by atoms with Crippen LogP contribution in [0.25, 0.3) is 11.3 Å². The van der Waals surface area contributed by atoms with Crippen molar-refractivity contribution in [1.82, 2.24) is 14.9 Å². The molecule has 210 valence electrons. The van der Waals surface area contributed by atoms with Crippen LogP contribution in [-0.4, -0.2) is 53.1 Å². The number of fused-ring (bicyclic) bond motifs is 1. The molecule has 6 rings (SSSR count). The van der Waals surface area contributed by atoms with Crippen LogP contribution in [0, 0.1) is 11.6 Å². The third-order valence-electron chi connectivity index (χ3n) is 8.42. The van der Waals surface area contributed by atoms with Gasteiger partial charge in [-0.25, -0.2) is 18.7 Å². The molecule has 0 radical (unpaired) electrons. The summed E-state index contributed by atoms with van der Waals surface area (Å²) in [5.74, 6) is 0.313. The van der Waals surface area contributed by atoms with Crippen molar-refractivity contribution in [3.8, 4) is 17.0 Å². The lowest BCUT2D eigenvalue weighted by Crippen LogP contribution is -2.48. The van der Waals surface area contributed by atoms with E-state index in [-0.39, 0.29) is 29.4 Å². The van der Waals surface area contributed by atoms with Crippen LogP contribution in [0.1, 0.15) is 80.8 Å². The summed E-state index contributed by atoms with van der Waals surface area (Å²) in [4.78, 5) is 26.3. The quantitative estimate of drug-likeness (QED) is 0.367. The first-order valence-electron chi connectivity index (χ1n) is 14.4. The first-order chi connectivity index (χ1) is 19.2. The van der Waals surface area contributed by atoms with E-state index in [2.05, 4.69) is 16.9 Å². The molecule has 1 saturated heterocycles. The van der Waals surface area contributed by atoms with Crippen LogP contribution < -0.4 is 9.64 Å². The topological polar surface area (TPSA) is 58.6 Å². The molecule has 1 aliphatic carbocycles. The molecule has 2 fully saturated rings. The molecule has 1 saturated carbocycles. The van der Waals surface area contributed by atoms with Crippen molar-refractivity contribution in [2.45, 2.75) is 76.9 Å². The van der Waals surface area contributed by atoms with Gasteiger partial charge in [0.05, 0.1) is 11.4 Å². The average Bonchev–Trinajstić information content (AvgIpc) is 3.76. The predicted octanol–water partition coefficient (Wildman–Crippen LogP) is 6.22. The van der Waals surface area contributed by atoms with E-state index >= 15 is 8.78 Å². The molecule has 1 amide bonds. The summed E-state index contributed by atoms with van der Waals surface area (Å²) in [5.41, 5.74) is 4.22. The average molecular weight is 547 g/mol. The lowest BCUT2D eigenvalue weighted by atomic mass is 9.88. The second-order valence-corrected chi connectivity index (χ2v) is 11.8. The molecular formula is C32H36F2N4O2. The van der Waals surface area contributed by atoms with Crippen LogP contribution in [0.2, 0.25) is 0 Å². The zero-order chi connectivity index (χ0) is 28.1. The summed E-state index contributed by atoms with van der Waals surface area (Å²) >= 11 is 0. The first kappa shape index (κ1) is 26.8. The molecule has 40 heavy (non-hydrogen) atoms. The highest BCUT2D eigenvalue weighted by atomic mass is 19.1. The van der Waals surface area contributed by atoms with Crippen molar-refractivity contribution in [3.63, 3.8) is 0 Å². The third kappa shape index (κ3) is 5.09. The van der Waals surface area contributed by atoms with E-state index < -0.39 is 11.9 Å². The zero-order valence-corrected chi connectivity index (χ0v) is 23.6. The van der Waals surface area contributed by atoms with Gasteiger partial charge in [-0.2, -0.15) is 0 Å². The molecular weight excluding hydrogens is 510 g/mol. The molecule has 2 aliphatic heterocycles.